The quantitative estimate of drug-likeness (QED) is 0.510. The molecule has 0 saturated carbocycles. The highest BCUT2D eigenvalue weighted by Crippen LogP contribution is 2.22. The first-order valence-electron chi connectivity index (χ1n) is 6.00. The molecule has 0 aliphatic rings. The summed E-state index contributed by atoms with van der Waals surface area (Å²) >= 11 is 3.32. The Morgan fingerprint density at radius 1 is 1.29 bits per heavy atom. The van der Waals surface area contributed by atoms with E-state index in [9.17, 15) is 9.90 Å². The van der Waals surface area contributed by atoms with E-state index >= 15 is 0 Å². The fraction of sp³-hybridized carbons (Fsp3) is 0.0667. The van der Waals surface area contributed by atoms with Crippen LogP contribution in [0.2, 0.25) is 0 Å². The summed E-state index contributed by atoms with van der Waals surface area (Å²) in [5, 5.41) is 22.3. The number of benzene rings is 2. The van der Waals surface area contributed by atoms with Gasteiger partial charge in [0.1, 0.15) is 12.4 Å². The Morgan fingerprint density at radius 2 is 2.00 bits per heavy atom. The second-order valence-corrected chi connectivity index (χ2v) is 5.12. The lowest BCUT2D eigenvalue weighted by Crippen LogP contribution is -2.22. The van der Waals surface area contributed by atoms with Gasteiger partial charge < -0.3 is 19.8 Å². The maximum Gasteiger partial charge on any atom is 0.128 e. The SMILES string of the molecule is O=C([O-])c1ccc(COc2ccc(Br)cc2/C=N\O)cc1. The van der Waals surface area contributed by atoms with E-state index in [0.717, 1.165) is 10.0 Å². The van der Waals surface area contributed by atoms with Gasteiger partial charge in [-0.15, -0.1) is 0 Å². The molecule has 1 N–H and O–H groups in total. The Kier molecular flexibility index (Phi) is 4.94. The molecule has 2 aromatic carbocycles. The van der Waals surface area contributed by atoms with Crippen molar-refractivity contribution in [2.45, 2.75) is 6.61 Å². The van der Waals surface area contributed by atoms with E-state index in [1.54, 1.807) is 24.3 Å². The minimum absolute atomic E-state index is 0.121. The van der Waals surface area contributed by atoms with Crippen LogP contribution in [0, 0.1) is 0 Å². The Morgan fingerprint density at radius 3 is 2.62 bits per heavy atom. The molecule has 5 nitrogen and oxygen atoms in total. The zero-order valence-electron chi connectivity index (χ0n) is 10.8. The number of carbonyl (C=O) groups is 1. The summed E-state index contributed by atoms with van der Waals surface area (Å²) in [6.07, 6.45) is 1.28. The van der Waals surface area contributed by atoms with Crippen LogP contribution in [0.15, 0.2) is 52.1 Å². The molecule has 0 bridgehead atoms. The molecule has 108 valence electrons. The van der Waals surface area contributed by atoms with Crippen molar-refractivity contribution in [1.82, 2.24) is 0 Å². The summed E-state index contributed by atoms with van der Waals surface area (Å²) in [6.45, 7) is 0.265. The van der Waals surface area contributed by atoms with Gasteiger partial charge >= 0.3 is 0 Å². The number of carboxylic acids is 1. The van der Waals surface area contributed by atoms with Gasteiger partial charge in [0.25, 0.3) is 0 Å². The lowest BCUT2D eigenvalue weighted by Gasteiger charge is -2.10. The van der Waals surface area contributed by atoms with Gasteiger partial charge in [-0.25, -0.2) is 0 Å². The van der Waals surface area contributed by atoms with Gasteiger partial charge in [-0.05, 0) is 29.3 Å². The largest absolute Gasteiger partial charge is 0.545 e. The van der Waals surface area contributed by atoms with Crippen LogP contribution in [-0.4, -0.2) is 17.4 Å². The fourth-order valence-electron chi connectivity index (χ4n) is 1.71. The first-order valence-corrected chi connectivity index (χ1v) is 6.79. The van der Waals surface area contributed by atoms with Gasteiger partial charge in [0.2, 0.25) is 0 Å². The molecule has 0 heterocycles. The predicted octanol–water partition coefficient (Wildman–Crippen LogP) is 2.20. The van der Waals surface area contributed by atoms with Crippen molar-refractivity contribution in [3.05, 3.63) is 63.6 Å². The van der Waals surface area contributed by atoms with Crippen molar-refractivity contribution < 1.29 is 19.8 Å². The second-order valence-electron chi connectivity index (χ2n) is 4.20. The Balaban J connectivity index is 2.10. The Labute approximate surface area is 129 Å². The van der Waals surface area contributed by atoms with Crippen LogP contribution >= 0.6 is 15.9 Å². The number of hydrogen-bond acceptors (Lipinski definition) is 5. The predicted molar refractivity (Wildman–Crippen MR) is 78.6 cm³/mol. The molecule has 0 radical (unpaired) electrons. The van der Waals surface area contributed by atoms with Crippen LogP contribution in [0.25, 0.3) is 0 Å². The van der Waals surface area contributed by atoms with Crippen LogP contribution in [0.1, 0.15) is 21.5 Å². The summed E-state index contributed by atoms with van der Waals surface area (Å²) in [6, 6.07) is 11.6. The monoisotopic (exact) mass is 348 g/mol. The van der Waals surface area contributed by atoms with Gasteiger partial charge in [-0.2, -0.15) is 0 Å². The summed E-state index contributed by atoms with van der Waals surface area (Å²) in [5.41, 5.74) is 1.56. The smallest absolute Gasteiger partial charge is 0.128 e. The summed E-state index contributed by atoms with van der Waals surface area (Å²) < 4.78 is 6.48. The number of carboxylic acid groups (broad SMARTS) is 1. The third-order valence-electron chi connectivity index (χ3n) is 2.75. The van der Waals surface area contributed by atoms with E-state index in [4.69, 9.17) is 9.94 Å². The molecule has 0 unspecified atom stereocenters. The van der Waals surface area contributed by atoms with Gasteiger partial charge in [0.15, 0.2) is 0 Å². The third-order valence-corrected chi connectivity index (χ3v) is 3.25. The summed E-state index contributed by atoms with van der Waals surface area (Å²) in [7, 11) is 0. The standard InChI is InChI=1S/C15H12BrNO4/c16-13-5-6-14(12(7-13)8-17-20)21-9-10-1-3-11(4-2-10)15(18)19/h1-8,20H,9H2,(H,18,19)/p-1/b17-8-. The summed E-state index contributed by atoms with van der Waals surface area (Å²) in [5.74, 6) is -0.656. The Hall–Kier alpha value is -2.34. The van der Waals surface area contributed by atoms with Crippen molar-refractivity contribution >= 4 is 28.1 Å². The Bertz CT molecular complexity index is 668. The molecular formula is C15H11BrNO4-. The minimum Gasteiger partial charge on any atom is -0.545 e. The number of hydrogen-bond donors (Lipinski definition) is 1. The molecule has 0 spiro atoms. The number of carbonyl (C=O) groups excluding carboxylic acids is 1. The van der Waals surface area contributed by atoms with Gasteiger partial charge in [0.05, 0.1) is 12.2 Å². The normalized spacial score (nSPS) is 10.7. The van der Waals surface area contributed by atoms with E-state index in [1.165, 1.54) is 18.3 Å². The zero-order chi connectivity index (χ0) is 15.2. The highest BCUT2D eigenvalue weighted by molar-refractivity contribution is 9.10. The number of nitrogens with zero attached hydrogens (tertiary/aromatic N) is 1. The van der Waals surface area contributed by atoms with Crippen molar-refractivity contribution in [2.75, 3.05) is 0 Å². The molecule has 0 atom stereocenters. The van der Waals surface area contributed by atoms with Crippen molar-refractivity contribution in [2.24, 2.45) is 5.16 Å². The van der Waals surface area contributed by atoms with E-state index in [-0.39, 0.29) is 12.2 Å². The maximum atomic E-state index is 10.7. The van der Waals surface area contributed by atoms with Crippen LogP contribution in [0.4, 0.5) is 0 Å². The molecule has 0 aliphatic carbocycles. The lowest BCUT2D eigenvalue weighted by molar-refractivity contribution is -0.255. The minimum atomic E-state index is -1.21. The summed E-state index contributed by atoms with van der Waals surface area (Å²) in [4.78, 5) is 10.7. The highest BCUT2D eigenvalue weighted by atomic mass is 79.9. The number of halogens is 1. The average molecular weight is 349 g/mol. The van der Waals surface area contributed by atoms with Crippen LogP contribution in [0.3, 0.4) is 0 Å². The van der Waals surface area contributed by atoms with E-state index in [0.29, 0.717) is 11.3 Å². The molecule has 0 fully saturated rings. The van der Waals surface area contributed by atoms with Crippen LogP contribution < -0.4 is 9.84 Å². The number of oxime groups is 1. The first kappa shape index (κ1) is 15.1. The van der Waals surface area contributed by atoms with Gasteiger partial charge in [-0.3, -0.25) is 0 Å². The van der Waals surface area contributed by atoms with Crippen molar-refractivity contribution in [1.29, 1.82) is 0 Å². The van der Waals surface area contributed by atoms with E-state index < -0.39 is 5.97 Å². The molecule has 6 heteroatoms. The van der Waals surface area contributed by atoms with E-state index in [2.05, 4.69) is 21.1 Å². The second kappa shape index (κ2) is 6.90. The molecular weight excluding hydrogens is 338 g/mol. The van der Waals surface area contributed by atoms with Crippen LogP contribution in [-0.2, 0) is 6.61 Å². The van der Waals surface area contributed by atoms with Crippen LogP contribution in [0.5, 0.6) is 5.75 Å². The molecule has 21 heavy (non-hydrogen) atoms. The first-order chi connectivity index (χ1) is 10.1. The van der Waals surface area contributed by atoms with Crippen molar-refractivity contribution in [3.8, 4) is 5.75 Å². The highest BCUT2D eigenvalue weighted by Gasteiger charge is 2.04. The maximum absolute atomic E-state index is 10.7. The number of ether oxygens (including phenoxy) is 1. The third kappa shape index (κ3) is 4.06. The van der Waals surface area contributed by atoms with E-state index in [1.807, 2.05) is 6.07 Å². The molecule has 0 amide bonds. The van der Waals surface area contributed by atoms with Gasteiger partial charge in [0, 0.05) is 10.0 Å². The number of aromatic carboxylic acids is 1. The molecule has 2 aromatic rings. The molecule has 0 aliphatic heterocycles. The number of rotatable bonds is 5. The lowest BCUT2D eigenvalue weighted by atomic mass is 10.1. The van der Waals surface area contributed by atoms with Gasteiger partial charge in [-0.1, -0.05) is 45.4 Å². The van der Waals surface area contributed by atoms with Crippen molar-refractivity contribution in [3.63, 3.8) is 0 Å². The molecule has 0 aromatic heterocycles. The molecule has 2 rings (SSSR count). The topological polar surface area (TPSA) is 82.0 Å². The zero-order valence-corrected chi connectivity index (χ0v) is 12.4. The average Bonchev–Trinajstić information content (AvgIpc) is 2.47. The fourth-order valence-corrected chi connectivity index (χ4v) is 2.09. The molecule has 0 saturated heterocycles.